The van der Waals surface area contributed by atoms with Crippen molar-refractivity contribution in [2.45, 2.75) is 20.0 Å². The minimum absolute atomic E-state index is 0.00477. The Labute approximate surface area is 154 Å². The number of carbonyl (C=O) groups excluding carboxylic acids is 1. The van der Waals surface area contributed by atoms with Gasteiger partial charge in [-0.25, -0.2) is 4.79 Å². The quantitative estimate of drug-likeness (QED) is 0.906. The van der Waals surface area contributed by atoms with Crippen LogP contribution in [-0.4, -0.2) is 42.0 Å². The molecule has 0 spiro atoms. The second-order valence-corrected chi connectivity index (χ2v) is 6.97. The smallest absolute Gasteiger partial charge is 0.317 e. The van der Waals surface area contributed by atoms with Crippen molar-refractivity contribution in [1.82, 2.24) is 15.1 Å². The normalized spacial score (nSPS) is 15.2. The zero-order valence-electron chi connectivity index (χ0n) is 14.5. The van der Waals surface area contributed by atoms with Gasteiger partial charge in [-0.3, -0.25) is 4.90 Å². The molecule has 0 bridgehead atoms. The number of nitrogens with one attached hydrogen (secondary N) is 1. The number of aryl methyl sites for hydroxylation is 1. The van der Waals surface area contributed by atoms with Crippen LogP contribution in [0.3, 0.4) is 0 Å². The summed E-state index contributed by atoms with van der Waals surface area (Å²) in [6.45, 7) is 6.93. The van der Waals surface area contributed by atoms with Gasteiger partial charge in [-0.05, 0) is 30.2 Å². The summed E-state index contributed by atoms with van der Waals surface area (Å²) in [7, 11) is 0. The van der Waals surface area contributed by atoms with Crippen LogP contribution < -0.4 is 5.32 Å². The molecule has 2 aromatic carbocycles. The molecule has 132 valence electrons. The number of halogens is 1. The van der Waals surface area contributed by atoms with Crippen LogP contribution in [0.1, 0.15) is 16.7 Å². The lowest BCUT2D eigenvalue weighted by molar-refractivity contribution is 0.135. The fourth-order valence-electron chi connectivity index (χ4n) is 3.07. The molecule has 4 nitrogen and oxygen atoms in total. The minimum atomic E-state index is 0.00477. The highest BCUT2D eigenvalue weighted by molar-refractivity contribution is 6.30. The fourth-order valence-corrected chi connectivity index (χ4v) is 3.20. The Morgan fingerprint density at radius 1 is 1.04 bits per heavy atom. The van der Waals surface area contributed by atoms with Crippen molar-refractivity contribution in [3.63, 3.8) is 0 Å². The van der Waals surface area contributed by atoms with E-state index in [4.69, 9.17) is 11.6 Å². The SMILES string of the molecule is Cc1cccc(CN2CCN(C(=O)NCc3ccc(Cl)cc3)CC2)c1. The van der Waals surface area contributed by atoms with E-state index in [9.17, 15) is 4.79 Å². The molecule has 2 aromatic rings. The van der Waals surface area contributed by atoms with Gasteiger partial charge in [0, 0.05) is 44.3 Å². The number of hydrogen-bond acceptors (Lipinski definition) is 2. The van der Waals surface area contributed by atoms with Gasteiger partial charge in [0.2, 0.25) is 0 Å². The molecular formula is C20H24ClN3O. The number of urea groups is 1. The molecule has 0 unspecified atom stereocenters. The molecule has 3 rings (SSSR count). The number of rotatable bonds is 4. The average molecular weight is 358 g/mol. The van der Waals surface area contributed by atoms with E-state index in [-0.39, 0.29) is 6.03 Å². The van der Waals surface area contributed by atoms with Gasteiger partial charge >= 0.3 is 6.03 Å². The fraction of sp³-hybridized carbons (Fsp3) is 0.350. The maximum atomic E-state index is 12.3. The van der Waals surface area contributed by atoms with E-state index in [1.54, 1.807) is 0 Å². The van der Waals surface area contributed by atoms with E-state index in [1.807, 2.05) is 29.2 Å². The third-order valence-corrected chi connectivity index (χ3v) is 4.76. The molecule has 5 heteroatoms. The van der Waals surface area contributed by atoms with Crippen molar-refractivity contribution in [2.75, 3.05) is 26.2 Å². The zero-order chi connectivity index (χ0) is 17.6. The Kier molecular flexibility index (Phi) is 5.95. The molecule has 1 saturated heterocycles. The molecule has 1 fully saturated rings. The summed E-state index contributed by atoms with van der Waals surface area (Å²) in [5.74, 6) is 0. The van der Waals surface area contributed by atoms with E-state index >= 15 is 0 Å². The van der Waals surface area contributed by atoms with Crippen LogP contribution in [0.15, 0.2) is 48.5 Å². The molecule has 0 saturated carbocycles. The number of carbonyl (C=O) groups is 1. The molecular weight excluding hydrogens is 334 g/mol. The highest BCUT2D eigenvalue weighted by Crippen LogP contribution is 2.11. The highest BCUT2D eigenvalue weighted by atomic mass is 35.5. The molecule has 0 radical (unpaired) electrons. The van der Waals surface area contributed by atoms with E-state index < -0.39 is 0 Å². The second-order valence-electron chi connectivity index (χ2n) is 6.54. The molecule has 25 heavy (non-hydrogen) atoms. The summed E-state index contributed by atoms with van der Waals surface area (Å²) >= 11 is 5.88. The van der Waals surface area contributed by atoms with Gasteiger partial charge in [0.25, 0.3) is 0 Å². The topological polar surface area (TPSA) is 35.6 Å². The third kappa shape index (κ3) is 5.21. The lowest BCUT2D eigenvalue weighted by Crippen LogP contribution is -2.51. The first-order chi connectivity index (χ1) is 12.1. The van der Waals surface area contributed by atoms with Crippen LogP contribution >= 0.6 is 11.6 Å². The molecule has 1 aliphatic heterocycles. The van der Waals surface area contributed by atoms with Crippen molar-refractivity contribution in [3.05, 3.63) is 70.2 Å². The van der Waals surface area contributed by atoms with E-state index in [2.05, 4.69) is 41.4 Å². The van der Waals surface area contributed by atoms with Gasteiger partial charge in [-0.1, -0.05) is 53.6 Å². The van der Waals surface area contributed by atoms with Crippen LogP contribution in [0, 0.1) is 6.92 Å². The van der Waals surface area contributed by atoms with Gasteiger partial charge in [-0.15, -0.1) is 0 Å². The first kappa shape index (κ1) is 17.8. The first-order valence-electron chi connectivity index (χ1n) is 8.65. The largest absolute Gasteiger partial charge is 0.334 e. The Balaban J connectivity index is 1.43. The number of piperazine rings is 1. The van der Waals surface area contributed by atoms with E-state index in [1.165, 1.54) is 11.1 Å². The van der Waals surface area contributed by atoms with Gasteiger partial charge in [0.15, 0.2) is 0 Å². The average Bonchev–Trinajstić information content (AvgIpc) is 2.62. The lowest BCUT2D eigenvalue weighted by atomic mass is 10.1. The van der Waals surface area contributed by atoms with Gasteiger partial charge in [0.05, 0.1) is 0 Å². The molecule has 2 amide bonds. The van der Waals surface area contributed by atoms with Crippen molar-refractivity contribution >= 4 is 17.6 Å². The minimum Gasteiger partial charge on any atom is -0.334 e. The van der Waals surface area contributed by atoms with Crippen molar-refractivity contribution in [3.8, 4) is 0 Å². The predicted molar refractivity (Wildman–Crippen MR) is 102 cm³/mol. The first-order valence-corrected chi connectivity index (χ1v) is 9.03. The summed E-state index contributed by atoms with van der Waals surface area (Å²) in [6.07, 6.45) is 0. The van der Waals surface area contributed by atoms with Crippen LogP contribution in [0.4, 0.5) is 4.79 Å². The van der Waals surface area contributed by atoms with Gasteiger partial charge < -0.3 is 10.2 Å². The monoisotopic (exact) mass is 357 g/mol. The number of nitrogens with zero attached hydrogens (tertiary/aromatic N) is 2. The molecule has 1 heterocycles. The third-order valence-electron chi connectivity index (χ3n) is 4.51. The van der Waals surface area contributed by atoms with E-state index in [0.717, 1.165) is 38.3 Å². The maximum Gasteiger partial charge on any atom is 0.317 e. The molecule has 1 N–H and O–H groups in total. The number of benzene rings is 2. The summed E-state index contributed by atoms with van der Waals surface area (Å²) in [4.78, 5) is 16.6. The Morgan fingerprint density at radius 3 is 2.44 bits per heavy atom. The van der Waals surface area contributed by atoms with Crippen LogP contribution in [0.5, 0.6) is 0 Å². The second kappa shape index (κ2) is 8.37. The molecule has 0 aromatic heterocycles. The van der Waals surface area contributed by atoms with Gasteiger partial charge in [0.1, 0.15) is 0 Å². The lowest BCUT2D eigenvalue weighted by Gasteiger charge is -2.34. The Morgan fingerprint density at radius 2 is 1.76 bits per heavy atom. The molecule has 0 aliphatic carbocycles. The summed E-state index contributed by atoms with van der Waals surface area (Å²) in [5, 5.41) is 3.69. The maximum absolute atomic E-state index is 12.3. The summed E-state index contributed by atoms with van der Waals surface area (Å²) in [6, 6.07) is 16.2. The van der Waals surface area contributed by atoms with Gasteiger partial charge in [-0.2, -0.15) is 0 Å². The molecule has 1 aliphatic rings. The number of hydrogen-bond donors (Lipinski definition) is 1. The molecule has 0 atom stereocenters. The van der Waals surface area contributed by atoms with Crippen LogP contribution in [0.25, 0.3) is 0 Å². The van der Waals surface area contributed by atoms with Crippen molar-refractivity contribution < 1.29 is 4.79 Å². The summed E-state index contributed by atoms with van der Waals surface area (Å²) in [5.41, 5.74) is 3.68. The standard InChI is InChI=1S/C20H24ClN3O/c1-16-3-2-4-18(13-16)15-23-9-11-24(12-10-23)20(25)22-14-17-5-7-19(21)8-6-17/h2-8,13H,9-12,14-15H2,1H3,(H,22,25). The Hall–Kier alpha value is -2.04. The van der Waals surface area contributed by atoms with Crippen LogP contribution in [-0.2, 0) is 13.1 Å². The number of amides is 2. The highest BCUT2D eigenvalue weighted by Gasteiger charge is 2.20. The Bertz CT molecular complexity index is 709. The summed E-state index contributed by atoms with van der Waals surface area (Å²) < 4.78 is 0. The zero-order valence-corrected chi connectivity index (χ0v) is 15.3. The predicted octanol–water partition coefficient (Wildman–Crippen LogP) is 3.68. The van der Waals surface area contributed by atoms with Crippen molar-refractivity contribution in [2.24, 2.45) is 0 Å². The van der Waals surface area contributed by atoms with Crippen molar-refractivity contribution in [1.29, 1.82) is 0 Å². The van der Waals surface area contributed by atoms with E-state index in [0.29, 0.717) is 11.6 Å². The van der Waals surface area contributed by atoms with Crippen LogP contribution in [0.2, 0.25) is 5.02 Å².